The average molecular weight is 519 g/mol. The van der Waals surface area contributed by atoms with Gasteiger partial charge in [0.15, 0.2) is 0 Å². The summed E-state index contributed by atoms with van der Waals surface area (Å²) in [6.07, 6.45) is -4.12. The number of benzene rings is 2. The van der Waals surface area contributed by atoms with Crippen molar-refractivity contribution in [1.29, 1.82) is 0 Å². The fourth-order valence-corrected chi connectivity index (χ4v) is 4.96. The molecule has 0 radical (unpaired) electrons. The summed E-state index contributed by atoms with van der Waals surface area (Å²) in [5.41, 5.74) is 2.84. The SMILES string of the molecule is O=C(N1CCOCC1)N1CC(c2ccc(OC(F)(F)F)cc2)CC(c2cc(-c3cccc(F)c3)n[nH]2)C1. The third kappa shape index (κ3) is 6.04. The topological polar surface area (TPSA) is 70.7 Å². The highest BCUT2D eigenvalue weighted by atomic mass is 19.4. The number of likely N-dealkylation sites (tertiary alicyclic amines) is 1. The largest absolute Gasteiger partial charge is 0.573 e. The first-order chi connectivity index (χ1) is 17.7. The van der Waals surface area contributed by atoms with E-state index in [0.717, 1.165) is 11.3 Å². The highest BCUT2D eigenvalue weighted by molar-refractivity contribution is 5.75. The molecule has 2 amide bonds. The maximum atomic E-state index is 13.7. The number of nitrogens with zero attached hydrogens (tertiary/aromatic N) is 3. The summed E-state index contributed by atoms with van der Waals surface area (Å²) in [5, 5.41) is 7.41. The van der Waals surface area contributed by atoms with Crippen LogP contribution in [0.15, 0.2) is 54.6 Å². The Bertz CT molecular complexity index is 1230. The second-order valence-corrected chi connectivity index (χ2v) is 9.25. The molecule has 1 N–H and O–H groups in total. The molecule has 0 bridgehead atoms. The molecule has 2 atom stereocenters. The number of aromatic nitrogens is 2. The molecule has 7 nitrogen and oxygen atoms in total. The molecule has 1 aromatic heterocycles. The predicted molar refractivity (Wildman–Crippen MR) is 127 cm³/mol. The van der Waals surface area contributed by atoms with Crippen molar-refractivity contribution in [2.45, 2.75) is 24.6 Å². The third-order valence-corrected chi connectivity index (χ3v) is 6.75. The van der Waals surface area contributed by atoms with Crippen LogP contribution >= 0.6 is 0 Å². The number of carbonyl (C=O) groups excluding carboxylic acids is 1. The molecule has 5 rings (SSSR count). The van der Waals surface area contributed by atoms with Crippen LogP contribution in [0.3, 0.4) is 0 Å². The first-order valence-electron chi connectivity index (χ1n) is 12.0. The van der Waals surface area contributed by atoms with Crippen molar-refractivity contribution in [2.24, 2.45) is 0 Å². The maximum Gasteiger partial charge on any atom is 0.573 e. The molecule has 0 spiro atoms. The van der Waals surface area contributed by atoms with Gasteiger partial charge in [-0.25, -0.2) is 9.18 Å². The third-order valence-electron chi connectivity index (χ3n) is 6.75. The minimum absolute atomic E-state index is 0.0973. The van der Waals surface area contributed by atoms with Gasteiger partial charge in [-0.3, -0.25) is 5.10 Å². The smallest absolute Gasteiger partial charge is 0.406 e. The highest BCUT2D eigenvalue weighted by Crippen LogP contribution is 2.37. The van der Waals surface area contributed by atoms with Gasteiger partial charge >= 0.3 is 12.4 Å². The van der Waals surface area contributed by atoms with Gasteiger partial charge in [-0.15, -0.1) is 13.2 Å². The molecule has 2 aromatic carbocycles. The van der Waals surface area contributed by atoms with Crippen molar-refractivity contribution in [1.82, 2.24) is 20.0 Å². The molecule has 37 heavy (non-hydrogen) atoms. The Balaban J connectivity index is 1.40. The number of piperidine rings is 1. The van der Waals surface area contributed by atoms with Crippen LogP contribution in [0.4, 0.5) is 22.4 Å². The van der Waals surface area contributed by atoms with Crippen molar-refractivity contribution in [3.05, 3.63) is 71.7 Å². The number of hydrogen-bond acceptors (Lipinski definition) is 4. The Morgan fingerprint density at radius 2 is 1.73 bits per heavy atom. The summed E-state index contributed by atoms with van der Waals surface area (Å²) in [6, 6.07) is 13.7. The summed E-state index contributed by atoms with van der Waals surface area (Å²) in [6.45, 7) is 2.84. The number of ether oxygens (including phenoxy) is 2. The Hall–Kier alpha value is -3.60. The molecular formula is C26H26F4N4O3. The fraction of sp³-hybridized carbons (Fsp3) is 0.385. The number of alkyl halides is 3. The number of urea groups is 1. The minimum Gasteiger partial charge on any atom is -0.406 e. The molecule has 3 aromatic rings. The van der Waals surface area contributed by atoms with E-state index in [1.165, 1.54) is 24.3 Å². The number of nitrogens with one attached hydrogen (secondary N) is 1. The molecule has 2 fully saturated rings. The zero-order chi connectivity index (χ0) is 26.0. The number of amides is 2. The number of H-pyrrole nitrogens is 1. The van der Waals surface area contributed by atoms with E-state index in [2.05, 4.69) is 14.9 Å². The molecular weight excluding hydrogens is 492 g/mol. The molecule has 2 unspecified atom stereocenters. The summed E-state index contributed by atoms with van der Waals surface area (Å²) in [7, 11) is 0. The van der Waals surface area contributed by atoms with Gasteiger partial charge < -0.3 is 19.3 Å². The van der Waals surface area contributed by atoms with Crippen molar-refractivity contribution in [2.75, 3.05) is 39.4 Å². The lowest BCUT2D eigenvalue weighted by molar-refractivity contribution is -0.274. The summed E-state index contributed by atoms with van der Waals surface area (Å²) >= 11 is 0. The fourth-order valence-electron chi connectivity index (χ4n) is 4.96. The van der Waals surface area contributed by atoms with E-state index in [9.17, 15) is 22.4 Å². The normalized spacial score (nSPS) is 20.6. The van der Waals surface area contributed by atoms with Crippen molar-refractivity contribution < 1.29 is 31.8 Å². The predicted octanol–water partition coefficient (Wildman–Crippen LogP) is 5.14. The van der Waals surface area contributed by atoms with Crippen LogP contribution in [0.5, 0.6) is 5.75 Å². The number of morpholine rings is 1. The molecule has 2 aliphatic heterocycles. The Morgan fingerprint density at radius 1 is 1.00 bits per heavy atom. The summed E-state index contributed by atoms with van der Waals surface area (Å²) < 4.78 is 60.9. The Labute approximate surface area is 211 Å². The molecule has 196 valence electrons. The second kappa shape index (κ2) is 10.4. The highest BCUT2D eigenvalue weighted by Gasteiger charge is 2.35. The van der Waals surface area contributed by atoms with Crippen LogP contribution in [0, 0.1) is 5.82 Å². The van der Waals surface area contributed by atoms with Crippen LogP contribution in [-0.2, 0) is 4.74 Å². The quantitative estimate of drug-likeness (QED) is 0.486. The lowest BCUT2D eigenvalue weighted by Crippen LogP contribution is -2.52. The van der Waals surface area contributed by atoms with Crippen LogP contribution in [-0.4, -0.2) is 71.8 Å². The van der Waals surface area contributed by atoms with Gasteiger partial charge in [-0.05, 0) is 42.3 Å². The number of carbonyl (C=O) groups is 1. The van der Waals surface area contributed by atoms with E-state index in [0.29, 0.717) is 57.1 Å². The van der Waals surface area contributed by atoms with Gasteiger partial charge in [-0.1, -0.05) is 24.3 Å². The Morgan fingerprint density at radius 3 is 2.43 bits per heavy atom. The zero-order valence-corrected chi connectivity index (χ0v) is 19.9. The summed E-state index contributed by atoms with van der Waals surface area (Å²) in [4.78, 5) is 16.9. The van der Waals surface area contributed by atoms with E-state index in [-0.39, 0.29) is 29.4 Å². The standard InChI is InChI=1S/C26H26F4N4O3/c27-21-3-1-2-18(13-21)23-14-24(32-31-23)20-12-19(17-4-6-22(7-5-17)37-26(28,29)30)15-34(16-20)25(35)33-8-10-36-11-9-33/h1-7,13-14,19-20H,8-12,15-16H2,(H,31,32). The lowest BCUT2D eigenvalue weighted by atomic mass is 9.83. The summed E-state index contributed by atoms with van der Waals surface area (Å²) in [5.74, 6) is -0.882. The van der Waals surface area contributed by atoms with E-state index in [1.807, 2.05) is 6.07 Å². The number of rotatable bonds is 4. The number of hydrogen-bond donors (Lipinski definition) is 1. The van der Waals surface area contributed by atoms with Gasteiger partial charge in [-0.2, -0.15) is 5.10 Å². The molecule has 11 heteroatoms. The van der Waals surface area contributed by atoms with E-state index in [4.69, 9.17) is 4.74 Å². The zero-order valence-electron chi connectivity index (χ0n) is 19.9. The first-order valence-corrected chi connectivity index (χ1v) is 12.0. The van der Waals surface area contributed by atoms with Crippen LogP contribution in [0.2, 0.25) is 0 Å². The van der Waals surface area contributed by atoms with Crippen molar-refractivity contribution in [3.8, 4) is 17.0 Å². The van der Waals surface area contributed by atoms with Crippen LogP contribution in [0.1, 0.15) is 29.5 Å². The van der Waals surface area contributed by atoms with Gasteiger partial charge in [0.05, 0.1) is 18.9 Å². The van der Waals surface area contributed by atoms with Gasteiger partial charge in [0.2, 0.25) is 0 Å². The minimum atomic E-state index is -4.77. The van der Waals surface area contributed by atoms with E-state index < -0.39 is 6.36 Å². The monoisotopic (exact) mass is 518 g/mol. The van der Waals surface area contributed by atoms with Gasteiger partial charge in [0.1, 0.15) is 11.6 Å². The number of aromatic amines is 1. The molecule has 2 saturated heterocycles. The van der Waals surface area contributed by atoms with Crippen molar-refractivity contribution >= 4 is 6.03 Å². The Kier molecular flexibility index (Phi) is 7.05. The van der Waals surface area contributed by atoms with Crippen LogP contribution < -0.4 is 4.74 Å². The molecule has 0 aliphatic carbocycles. The molecule has 2 aliphatic rings. The van der Waals surface area contributed by atoms with Crippen molar-refractivity contribution in [3.63, 3.8) is 0 Å². The molecule has 0 saturated carbocycles. The van der Waals surface area contributed by atoms with E-state index >= 15 is 0 Å². The first kappa shape index (κ1) is 25.1. The van der Waals surface area contributed by atoms with E-state index in [1.54, 1.807) is 34.1 Å². The maximum absolute atomic E-state index is 13.7. The average Bonchev–Trinajstić information content (AvgIpc) is 3.39. The van der Waals surface area contributed by atoms with Gasteiger partial charge in [0, 0.05) is 49.3 Å². The van der Waals surface area contributed by atoms with Crippen LogP contribution in [0.25, 0.3) is 11.3 Å². The lowest BCUT2D eigenvalue weighted by Gasteiger charge is -2.41. The molecule has 3 heterocycles. The second-order valence-electron chi connectivity index (χ2n) is 9.25. The van der Waals surface area contributed by atoms with Gasteiger partial charge in [0.25, 0.3) is 0 Å². The number of halogens is 4.